The third-order valence-corrected chi connectivity index (χ3v) is 8.07. The maximum atomic E-state index is 14.0. The molecule has 35 heavy (non-hydrogen) atoms. The molecule has 0 unspecified atom stereocenters. The monoisotopic (exact) mass is 595 g/mol. The minimum absolute atomic E-state index is 0.0112. The van der Waals surface area contributed by atoms with Gasteiger partial charge in [0.25, 0.3) is 0 Å². The highest BCUT2D eigenvalue weighted by Gasteiger charge is 2.67. The summed E-state index contributed by atoms with van der Waals surface area (Å²) in [6.45, 7) is 0. The molecule has 2 atom stereocenters. The van der Waals surface area contributed by atoms with Crippen molar-refractivity contribution in [2.24, 2.45) is 5.92 Å². The first-order chi connectivity index (χ1) is 16.4. The van der Waals surface area contributed by atoms with Crippen LogP contribution in [0.25, 0.3) is 0 Å². The molecule has 3 aromatic carbocycles. The number of hydrogen-bond acceptors (Lipinski definition) is 2. The van der Waals surface area contributed by atoms with Crippen molar-refractivity contribution < 1.29 is 18.4 Å². The average Bonchev–Trinajstić information content (AvgIpc) is 3.37. The molecule has 3 nitrogen and oxygen atoms in total. The molecular weight excluding hydrogens is 585 g/mol. The quantitative estimate of drug-likeness (QED) is 0.176. The van der Waals surface area contributed by atoms with Crippen LogP contribution in [0.3, 0.4) is 0 Å². The van der Waals surface area contributed by atoms with Gasteiger partial charge in [0.15, 0.2) is 5.78 Å². The largest absolute Gasteiger partial charge is 0.326 e. The van der Waals surface area contributed by atoms with Gasteiger partial charge in [0, 0.05) is 29.7 Å². The molecule has 1 aliphatic rings. The highest BCUT2D eigenvalue weighted by Crippen LogP contribution is 2.65. The zero-order chi connectivity index (χ0) is 25.7. The van der Waals surface area contributed by atoms with Gasteiger partial charge in [-0.25, -0.2) is 8.78 Å². The van der Waals surface area contributed by atoms with E-state index in [1.165, 1.54) is 24.3 Å². The zero-order valence-electron chi connectivity index (χ0n) is 17.3. The molecule has 1 aliphatic carbocycles. The molecule has 1 N–H and O–H groups in total. The normalized spacial score (nSPS) is 18.3. The lowest BCUT2D eigenvalue weighted by molar-refractivity contribution is -0.117. The van der Waals surface area contributed by atoms with E-state index in [0.29, 0.717) is 11.6 Å². The zero-order valence-corrected chi connectivity index (χ0v) is 21.9. The number of rotatable bonds is 6. The summed E-state index contributed by atoms with van der Waals surface area (Å²) in [7, 11) is 0. The number of carbonyl (C=O) groups is 2. The number of carbonyl (C=O) groups excluding carboxylic acids is 2. The Morgan fingerprint density at radius 3 is 2.17 bits per heavy atom. The van der Waals surface area contributed by atoms with Crippen LogP contribution in [0.4, 0.5) is 14.5 Å². The maximum Gasteiger partial charge on any atom is 0.231 e. The van der Waals surface area contributed by atoms with Crippen LogP contribution in [0.2, 0.25) is 20.1 Å². The Bertz CT molecular complexity index is 1340. The first kappa shape index (κ1) is 26.5. The Kier molecular flexibility index (Phi) is 7.59. The van der Waals surface area contributed by atoms with Gasteiger partial charge in [-0.15, -0.1) is 23.2 Å². The number of benzene rings is 3. The van der Waals surface area contributed by atoms with Gasteiger partial charge < -0.3 is 5.32 Å². The van der Waals surface area contributed by atoms with Crippen molar-refractivity contribution in [3.63, 3.8) is 0 Å². The molecule has 0 aliphatic heterocycles. The second-order valence-electron chi connectivity index (χ2n) is 7.95. The molecular formula is C24H13Cl6F2NO2. The van der Waals surface area contributed by atoms with Gasteiger partial charge in [0.1, 0.15) is 16.0 Å². The number of nitrogens with one attached hydrogen (secondary N) is 1. The lowest BCUT2D eigenvalue weighted by atomic mass is 10.0. The van der Waals surface area contributed by atoms with Gasteiger partial charge in [-0.1, -0.05) is 52.5 Å². The molecule has 0 radical (unpaired) electrons. The first-order valence-electron chi connectivity index (χ1n) is 10.00. The van der Waals surface area contributed by atoms with E-state index < -0.39 is 39.5 Å². The summed E-state index contributed by atoms with van der Waals surface area (Å²) in [5.41, 5.74) is 0.865. The van der Waals surface area contributed by atoms with Crippen LogP contribution in [-0.4, -0.2) is 16.0 Å². The number of ketones is 1. The second-order valence-corrected chi connectivity index (χ2v) is 11.0. The highest BCUT2D eigenvalue weighted by molar-refractivity contribution is 6.54. The Morgan fingerprint density at radius 1 is 0.886 bits per heavy atom. The molecule has 1 amide bonds. The van der Waals surface area contributed by atoms with Crippen LogP contribution in [0.5, 0.6) is 0 Å². The Morgan fingerprint density at radius 2 is 1.54 bits per heavy atom. The minimum atomic E-state index is -1.42. The van der Waals surface area contributed by atoms with Crippen molar-refractivity contribution in [2.75, 3.05) is 5.32 Å². The van der Waals surface area contributed by atoms with E-state index in [1.807, 2.05) is 0 Å². The number of Topliss-reactive ketones (excluding diaryl/α,β-unsaturated/α-hetero) is 1. The van der Waals surface area contributed by atoms with Crippen LogP contribution in [0, 0.1) is 17.6 Å². The smallest absolute Gasteiger partial charge is 0.231 e. The minimum Gasteiger partial charge on any atom is -0.326 e. The lowest BCUT2D eigenvalue weighted by Crippen LogP contribution is -2.17. The van der Waals surface area contributed by atoms with Crippen LogP contribution in [0.1, 0.15) is 27.4 Å². The van der Waals surface area contributed by atoms with Gasteiger partial charge in [0.2, 0.25) is 5.91 Å². The Balaban J connectivity index is 1.52. The maximum absolute atomic E-state index is 14.0. The van der Waals surface area contributed by atoms with E-state index >= 15 is 0 Å². The summed E-state index contributed by atoms with van der Waals surface area (Å²) >= 11 is 37.1. The van der Waals surface area contributed by atoms with Gasteiger partial charge in [0.05, 0.1) is 26.0 Å². The molecule has 0 aromatic heterocycles. The molecule has 0 bridgehead atoms. The van der Waals surface area contributed by atoms with E-state index in [1.54, 1.807) is 12.1 Å². The fourth-order valence-corrected chi connectivity index (χ4v) is 5.46. The SMILES string of the molecule is O=C(Cc1ccc(F)cc1F)c1cc(NC(=O)[C@H]2[C@H](c3cc(Cl)c(Cl)c(Cl)c3)C2(Cl)Cl)ccc1Cl. The number of alkyl halides is 2. The Hall–Kier alpha value is -1.60. The standard InChI is InChI=1S/C24H13Cl6F2NO2/c25-15-4-3-13(9-14(15)19(34)7-10-1-2-12(31)8-18(10)32)33-23(35)21-20(24(21,29)30)11-5-16(26)22(28)17(27)6-11/h1-6,8-9,20-21H,7H2,(H,33,35)/t20-,21+/m0/s1. The predicted molar refractivity (Wildman–Crippen MR) is 137 cm³/mol. The predicted octanol–water partition coefficient (Wildman–Crippen LogP) is 8.53. The van der Waals surface area contributed by atoms with E-state index in [4.69, 9.17) is 69.6 Å². The fraction of sp³-hybridized carbons (Fsp3) is 0.167. The summed E-state index contributed by atoms with van der Waals surface area (Å²) in [5, 5.41) is 3.34. The number of anilines is 1. The van der Waals surface area contributed by atoms with Crippen molar-refractivity contribution >= 4 is 87.0 Å². The third-order valence-electron chi connectivity index (χ3n) is 5.60. The summed E-state index contributed by atoms with van der Waals surface area (Å²) in [4.78, 5) is 25.7. The molecule has 11 heteroatoms. The van der Waals surface area contributed by atoms with Crippen LogP contribution in [-0.2, 0) is 11.2 Å². The van der Waals surface area contributed by atoms with Crippen molar-refractivity contribution in [3.8, 4) is 0 Å². The van der Waals surface area contributed by atoms with Crippen molar-refractivity contribution in [3.05, 3.63) is 96.9 Å². The topological polar surface area (TPSA) is 46.2 Å². The molecule has 0 spiro atoms. The van der Waals surface area contributed by atoms with Crippen LogP contribution >= 0.6 is 69.6 Å². The van der Waals surface area contributed by atoms with Gasteiger partial charge in [-0.3, -0.25) is 9.59 Å². The number of amides is 1. The van der Waals surface area contributed by atoms with Gasteiger partial charge in [-0.05, 0) is 47.5 Å². The summed E-state index contributed by atoms with van der Waals surface area (Å²) in [6.07, 6.45) is -0.349. The molecule has 4 rings (SSSR count). The van der Waals surface area contributed by atoms with E-state index in [2.05, 4.69) is 5.32 Å². The van der Waals surface area contributed by atoms with Crippen molar-refractivity contribution in [2.45, 2.75) is 16.7 Å². The van der Waals surface area contributed by atoms with Crippen LogP contribution in [0.15, 0.2) is 48.5 Å². The number of halogens is 8. The molecule has 0 saturated heterocycles. The fourth-order valence-electron chi connectivity index (χ4n) is 3.79. The number of hydrogen-bond donors (Lipinski definition) is 1. The average molecular weight is 598 g/mol. The molecule has 1 fully saturated rings. The van der Waals surface area contributed by atoms with Gasteiger partial charge >= 0.3 is 0 Å². The van der Waals surface area contributed by atoms with E-state index in [9.17, 15) is 18.4 Å². The van der Waals surface area contributed by atoms with E-state index in [-0.39, 0.29) is 43.3 Å². The van der Waals surface area contributed by atoms with Crippen molar-refractivity contribution in [1.29, 1.82) is 0 Å². The molecule has 0 heterocycles. The Labute approximate surface area is 229 Å². The van der Waals surface area contributed by atoms with E-state index in [0.717, 1.165) is 6.07 Å². The van der Waals surface area contributed by atoms with Crippen molar-refractivity contribution in [1.82, 2.24) is 0 Å². The molecule has 182 valence electrons. The highest BCUT2D eigenvalue weighted by atomic mass is 35.5. The molecule has 3 aromatic rings. The first-order valence-corrected chi connectivity index (χ1v) is 12.3. The lowest BCUT2D eigenvalue weighted by Gasteiger charge is -2.10. The molecule has 1 saturated carbocycles. The third kappa shape index (κ3) is 5.41. The second kappa shape index (κ2) is 10.0. The summed E-state index contributed by atoms with van der Waals surface area (Å²) < 4.78 is 25.7. The summed E-state index contributed by atoms with van der Waals surface area (Å²) in [6, 6.07) is 10.3. The summed E-state index contributed by atoms with van der Waals surface area (Å²) in [5.74, 6) is -4.07. The van der Waals surface area contributed by atoms with Crippen LogP contribution < -0.4 is 5.32 Å². The van der Waals surface area contributed by atoms with Gasteiger partial charge in [-0.2, -0.15) is 0 Å².